The molecule has 0 aliphatic carbocycles. The minimum Gasteiger partial charge on any atom is -0.478 e. The monoisotopic (exact) mass is 280 g/mol. The molecule has 0 fully saturated rings. The lowest BCUT2D eigenvalue weighted by Crippen LogP contribution is -2.03. The Morgan fingerprint density at radius 1 is 1.24 bits per heavy atom. The summed E-state index contributed by atoms with van der Waals surface area (Å²) in [6.07, 6.45) is 1.98. The number of benzene rings is 2. The molecule has 4 nitrogen and oxygen atoms in total. The van der Waals surface area contributed by atoms with Crippen LogP contribution in [0.2, 0.25) is 0 Å². The van der Waals surface area contributed by atoms with E-state index in [4.69, 9.17) is 5.11 Å². The van der Waals surface area contributed by atoms with E-state index in [-0.39, 0.29) is 0 Å². The van der Waals surface area contributed by atoms with E-state index >= 15 is 0 Å². The molecule has 0 aliphatic heterocycles. The van der Waals surface area contributed by atoms with Gasteiger partial charge in [-0.05, 0) is 36.2 Å². The molecule has 0 atom stereocenters. The van der Waals surface area contributed by atoms with Crippen LogP contribution in [0.25, 0.3) is 10.9 Å². The van der Waals surface area contributed by atoms with Gasteiger partial charge in [0.05, 0.1) is 5.56 Å². The van der Waals surface area contributed by atoms with E-state index in [1.807, 2.05) is 37.4 Å². The first kappa shape index (κ1) is 13.2. The first-order chi connectivity index (χ1) is 10.1. The molecule has 106 valence electrons. The molecule has 1 aromatic heterocycles. The molecule has 2 aromatic carbocycles. The Morgan fingerprint density at radius 2 is 2.05 bits per heavy atom. The lowest BCUT2D eigenvalue weighted by molar-refractivity contribution is 0.0697. The lowest BCUT2D eigenvalue weighted by Gasteiger charge is -2.10. The largest absolute Gasteiger partial charge is 0.478 e. The summed E-state index contributed by atoms with van der Waals surface area (Å²) >= 11 is 0. The maximum absolute atomic E-state index is 11.0. The smallest absolute Gasteiger partial charge is 0.335 e. The molecule has 3 aromatic rings. The summed E-state index contributed by atoms with van der Waals surface area (Å²) in [4.78, 5) is 14.3. The summed E-state index contributed by atoms with van der Waals surface area (Å²) in [5.41, 5.74) is 4.43. The van der Waals surface area contributed by atoms with Crippen molar-refractivity contribution in [2.75, 3.05) is 5.32 Å². The fourth-order valence-corrected chi connectivity index (χ4v) is 2.41. The molecule has 0 saturated carbocycles. The third kappa shape index (κ3) is 2.60. The number of aromatic carboxylic acids is 1. The zero-order valence-electron chi connectivity index (χ0n) is 11.7. The molecular formula is C17H16N2O2. The number of H-pyrrole nitrogens is 1. The first-order valence-electron chi connectivity index (χ1n) is 6.78. The number of nitrogens with one attached hydrogen (secondary N) is 2. The molecular weight excluding hydrogens is 264 g/mol. The van der Waals surface area contributed by atoms with Gasteiger partial charge in [-0.25, -0.2) is 4.79 Å². The number of anilines is 1. The van der Waals surface area contributed by atoms with Gasteiger partial charge >= 0.3 is 5.97 Å². The average Bonchev–Trinajstić information content (AvgIpc) is 2.89. The van der Waals surface area contributed by atoms with Crippen LogP contribution in [0, 0.1) is 6.92 Å². The minimum atomic E-state index is -0.912. The highest BCUT2D eigenvalue weighted by atomic mass is 16.4. The first-order valence-corrected chi connectivity index (χ1v) is 6.78. The molecule has 3 N–H and O–H groups in total. The number of aromatic nitrogens is 1. The number of para-hydroxylation sites is 1. The third-order valence-electron chi connectivity index (χ3n) is 3.63. The topological polar surface area (TPSA) is 65.1 Å². The van der Waals surface area contributed by atoms with Crippen LogP contribution in [0.5, 0.6) is 0 Å². The van der Waals surface area contributed by atoms with Crippen molar-refractivity contribution in [3.63, 3.8) is 0 Å². The van der Waals surface area contributed by atoms with E-state index in [0.29, 0.717) is 12.1 Å². The molecule has 4 heteroatoms. The molecule has 1 heterocycles. The molecule has 0 spiro atoms. The van der Waals surface area contributed by atoms with Crippen molar-refractivity contribution in [1.82, 2.24) is 4.98 Å². The van der Waals surface area contributed by atoms with Crippen molar-refractivity contribution in [3.05, 3.63) is 65.4 Å². The Balaban J connectivity index is 1.84. The second kappa shape index (κ2) is 5.32. The highest BCUT2D eigenvalue weighted by molar-refractivity contribution is 5.89. The average molecular weight is 280 g/mol. The number of carbonyl (C=O) groups is 1. The fraction of sp³-hybridized carbons (Fsp3) is 0.118. The van der Waals surface area contributed by atoms with Gasteiger partial charge < -0.3 is 15.4 Å². The predicted octanol–water partition coefficient (Wildman–Crippen LogP) is 3.79. The summed E-state index contributed by atoms with van der Waals surface area (Å²) in [6.45, 7) is 2.61. The quantitative estimate of drug-likeness (QED) is 0.681. The van der Waals surface area contributed by atoms with Gasteiger partial charge in [0.15, 0.2) is 0 Å². The molecule has 21 heavy (non-hydrogen) atoms. The second-order valence-electron chi connectivity index (χ2n) is 5.05. The maximum Gasteiger partial charge on any atom is 0.335 e. The van der Waals surface area contributed by atoms with Crippen LogP contribution in [-0.2, 0) is 6.54 Å². The Labute approximate surface area is 122 Å². The fourth-order valence-electron chi connectivity index (χ4n) is 2.41. The van der Waals surface area contributed by atoms with Gasteiger partial charge in [-0.15, -0.1) is 0 Å². The van der Waals surface area contributed by atoms with Crippen LogP contribution in [0.15, 0.2) is 48.7 Å². The Kier molecular flexibility index (Phi) is 3.36. The number of rotatable bonds is 4. The normalized spacial score (nSPS) is 10.7. The van der Waals surface area contributed by atoms with Crippen molar-refractivity contribution in [2.24, 2.45) is 0 Å². The number of carboxylic acids is 1. The number of hydrogen-bond donors (Lipinski definition) is 3. The van der Waals surface area contributed by atoms with E-state index in [2.05, 4.69) is 16.4 Å². The van der Waals surface area contributed by atoms with Crippen molar-refractivity contribution < 1.29 is 9.90 Å². The number of fused-ring (bicyclic) bond motifs is 1. The van der Waals surface area contributed by atoms with Crippen LogP contribution < -0.4 is 5.32 Å². The maximum atomic E-state index is 11.0. The molecule has 0 bridgehead atoms. The number of hydrogen-bond acceptors (Lipinski definition) is 2. The van der Waals surface area contributed by atoms with Gasteiger partial charge in [0, 0.05) is 29.3 Å². The lowest BCUT2D eigenvalue weighted by atomic mass is 10.1. The number of aromatic amines is 1. The highest BCUT2D eigenvalue weighted by Gasteiger charge is 2.07. The van der Waals surface area contributed by atoms with Crippen LogP contribution >= 0.6 is 0 Å². The Hall–Kier alpha value is -2.75. The van der Waals surface area contributed by atoms with Gasteiger partial charge in [-0.3, -0.25) is 0 Å². The van der Waals surface area contributed by atoms with Crippen LogP contribution in [0.3, 0.4) is 0 Å². The summed E-state index contributed by atoms with van der Waals surface area (Å²) in [6, 6.07) is 13.2. The number of carboxylic acid groups (broad SMARTS) is 1. The summed E-state index contributed by atoms with van der Waals surface area (Å²) in [7, 11) is 0. The summed E-state index contributed by atoms with van der Waals surface area (Å²) in [5, 5.41) is 13.6. The molecule has 0 saturated heterocycles. The SMILES string of the molecule is Cc1ccc(C(=O)O)cc1NCc1c[nH]c2ccccc12. The van der Waals surface area contributed by atoms with Crippen molar-refractivity contribution in [1.29, 1.82) is 0 Å². The van der Waals surface area contributed by atoms with Crippen LogP contribution in [0.4, 0.5) is 5.69 Å². The molecule has 0 unspecified atom stereocenters. The zero-order chi connectivity index (χ0) is 14.8. The molecule has 0 aliphatic rings. The predicted molar refractivity (Wildman–Crippen MR) is 83.8 cm³/mol. The summed E-state index contributed by atoms with van der Waals surface area (Å²) < 4.78 is 0. The summed E-state index contributed by atoms with van der Waals surface area (Å²) in [5.74, 6) is -0.912. The van der Waals surface area contributed by atoms with E-state index in [9.17, 15) is 4.79 Å². The third-order valence-corrected chi connectivity index (χ3v) is 3.63. The van der Waals surface area contributed by atoms with Crippen LogP contribution in [0.1, 0.15) is 21.5 Å². The molecule has 3 rings (SSSR count). The highest BCUT2D eigenvalue weighted by Crippen LogP contribution is 2.21. The van der Waals surface area contributed by atoms with E-state index < -0.39 is 5.97 Å². The Bertz CT molecular complexity index is 805. The van der Waals surface area contributed by atoms with Gasteiger partial charge in [-0.1, -0.05) is 24.3 Å². The van der Waals surface area contributed by atoms with E-state index in [1.165, 1.54) is 5.39 Å². The second-order valence-corrected chi connectivity index (χ2v) is 5.05. The number of aryl methyl sites for hydroxylation is 1. The standard InChI is InChI=1S/C17H16N2O2/c1-11-6-7-12(17(20)21)8-16(11)19-10-13-9-18-15-5-3-2-4-14(13)15/h2-9,18-19H,10H2,1H3,(H,20,21). The van der Waals surface area contributed by atoms with Crippen molar-refractivity contribution >= 4 is 22.6 Å². The van der Waals surface area contributed by atoms with Gasteiger partial charge in [-0.2, -0.15) is 0 Å². The van der Waals surface area contributed by atoms with Crippen LogP contribution in [-0.4, -0.2) is 16.1 Å². The minimum absolute atomic E-state index is 0.294. The van der Waals surface area contributed by atoms with Crippen molar-refractivity contribution in [2.45, 2.75) is 13.5 Å². The van der Waals surface area contributed by atoms with Gasteiger partial charge in [0.2, 0.25) is 0 Å². The molecule has 0 amide bonds. The van der Waals surface area contributed by atoms with Gasteiger partial charge in [0.1, 0.15) is 0 Å². The zero-order valence-corrected chi connectivity index (χ0v) is 11.7. The molecule has 0 radical (unpaired) electrons. The van der Waals surface area contributed by atoms with E-state index in [1.54, 1.807) is 12.1 Å². The van der Waals surface area contributed by atoms with Crippen molar-refractivity contribution in [3.8, 4) is 0 Å². The Morgan fingerprint density at radius 3 is 2.86 bits per heavy atom. The van der Waals surface area contributed by atoms with E-state index in [0.717, 1.165) is 22.3 Å². The van der Waals surface area contributed by atoms with Gasteiger partial charge in [0.25, 0.3) is 0 Å².